The van der Waals surface area contributed by atoms with Crippen molar-refractivity contribution in [3.05, 3.63) is 48.4 Å². The van der Waals surface area contributed by atoms with E-state index in [1.54, 1.807) is 36.4 Å². The normalized spacial score (nSPS) is 14.0. The van der Waals surface area contributed by atoms with E-state index >= 15 is 0 Å². The smallest absolute Gasteiger partial charge is 0.326 e. The SMILES string of the molecule is O=C(CCc1ccco1)NS(=O)(=O)N1CCOc2ccccc21. The van der Waals surface area contributed by atoms with E-state index in [4.69, 9.17) is 9.15 Å². The van der Waals surface area contributed by atoms with E-state index < -0.39 is 16.1 Å². The van der Waals surface area contributed by atoms with E-state index in [1.165, 1.54) is 6.26 Å². The minimum atomic E-state index is -3.96. The molecule has 8 heteroatoms. The van der Waals surface area contributed by atoms with Gasteiger partial charge < -0.3 is 9.15 Å². The molecular weight excluding hydrogens is 320 g/mol. The number of rotatable bonds is 5. The average Bonchev–Trinajstić information content (AvgIpc) is 3.05. The van der Waals surface area contributed by atoms with E-state index in [1.807, 2.05) is 0 Å². The zero-order valence-corrected chi connectivity index (χ0v) is 13.1. The monoisotopic (exact) mass is 336 g/mol. The lowest BCUT2D eigenvalue weighted by molar-refractivity contribution is -0.119. The number of benzene rings is 1. The summed E-state index contributed by atoms with van der Waals surface area (Å²) in [5.74, 6) is 0.534. The van der Waals surface area contributed by atoms with Gasteiger partial charge >= 0.3 is 10.2 Å². The van der Waals surface area contributed by atoms with Crippen LogP contribution in [0.2, 0.25) is 0 Å². The molecule has 2 aromatic rings. The lowest BCUT2D eigenvalue weighted by Crippen LogP contribution is -2.47. The molecular formula is C15H16N2O5S. The zero-order valence-electron chi connectivity index (χ0n) is 12.3. The quantitative estimate of drug-likeness (QED) is 0.893. The molecule has 2 heterocycles. The lowest BCUT2D eigenvalue weighted by Gasteiger charge is -2.30. The maximum Gasteiger partial charge on any atom is 0.326 e. The van der Waals surface area contributed by atoms with Gasteiger partial charge in [0, 0.05) is 12.8 Å². The number of carbonyl (C=O) groups excluding carboxylic acids is 1. The summed E-state index contributed by atoms with van der Waals surface area (Å²) < 4.78 is 38.7. The summed E-state index contributed by atoms with van der Waals surface area (Å²) in [6.07, 6.45) is 1.88. The van der Waals surface area contributed by atoms with Crippen molar-refractivity contribution in [3.8, 4) is 5.75 Å². The van der Waals surface area contributed by atoms with Gasteiger partial charge in [0.05, 0.1) is 18.5 Å². The summed E-state index contributed by atoms with van der Waals surface area (Å²) in [6, 6.07) is 10.3. The fourth-order valence-electron chi connectivity index (χ4n) is 2.34. The molecule has 1 aromatic carbocycles. The first kappa shape index (κ1) is 15.4. The molecule has 0 unspecified atom stereocenters. The van der Waals surface area contributed by atoms with E-state index in [0.29, 0.717) is 23.6 Å². The van der Waals surface area contributed by atoms with Gasteiger partial charge in [0.2, 0.25) is 5.91 Å². The maximum atomic E-state index is 12.4. The standard InChI is InChI=1S/C15H16N2O5S/c18-15(8-7-12-4-3-10-21-12)16-23(19,20)17-9-11-22-14-6-2-1-5-13(14)17/h1-6,10H,7-9,11H2,(H,16,18). The summed E-state index contributed by atoms with van der Waals surface area (Å²) >= 11 is 0. The molecule has 0 saturated carbocycles. The van der Waals surface area contributed by atoms with Crippen LogP contribution in [-0.2, 0) is 21.4 Å². The molecule has 7 nitrogen and oxygen atoms in total. The van der Waals surface area contributed by atoms with E-state index in [-0.39, 0.29) is 19.6 Å². The number of aryl methyl sites for hydroxylation is 1. The van der Waals surface area contributed by atoms with Crippen molar-refractivity contribution in [1.29, 1.82) is 0 Å². The number of hydrogen-bond acceptors (Lipinski definition) is 5. The van der Waals surface area contributed by atoms with Gasteiger partial charge in [-0.1, -0.05) is 12.1 Å². The van der Waals surface area contributed by atoms with Gasteiger partial charge in [-0.25, -0.2) is 9.03 Å². The summed E-state index contributed by atoms with van der Waals surface area (Å²) in [7, 11) is -3.96. The molecule has 1 N–H and O–H groups in total. The third kappa shape index (κ3) is 3.48. The summed E-state index contributed by atoms with van der Waals surface area (Å²) in [6.45, 7) is 0.385. The second kappa shape index (κ2) is 6.33. The van der Waals surface area contributed by atoms with E-state index in [9.17, 15) is 13.2 Å². The van der Waals surface area contributed by atoms with E-state index in [0.717, 1.165) is 4.31 Å². The van der Waals surface area contributed by atoms with Crippen molar-refractivity contribution in [2.45, 2.75) is 12.8 Å². The van der Waals surface area contributed by atoms with Crippen molar-refractivity contribution < 1.29 is 22.4 Å². The molecule has 0 atom stereocenters. The van der Waals surface area contributed by atoms with Crippen molar-refractivity contribution in [2.75, 3.05) is 17.5 Å². The van der Waals surface area contributed by atoms with Gasteiger partial charge in [-0.15, -0.1) is 0 Å². The van der Waals surface area contributed by atoms with Crippen LogP contribution in [0.3, 0.4) is 0 Å². The molecule has 0 aliphatic carbocycles. The molecule has 1 aliphatic rings. The van der Waals surface area contributed by atoms with E-state index in [2.05, 4.69) is 4.72 Å². The third-order valence-electron chi connectivity index (χ3n) is 3.40. The number of ether oxygens (including phenoxy) is 1. The third-order valence-corrected chi connectivity index (χ3v) is 4.84. The molecule has 0 radical (unpaired) electrons. The molecule has 0 fully saturated rings. The summed E-state index contributed by atoms with van der Waals surface area (Å²) in [4.78, 5) is 11.9. The highest BCUT2D eigenvalue weighted by atomic mass is 32.2. The number of para-hydroxylation sites is 2. The number of amides is 1. The highest BCUT2D eigenvalue weighted by Crippen LogP contribution is 2.32. The Hall–Kier alpha value is -2.48. The largest absolute Gasteiger partial charge is 0.489 e. The van der Waals surface area contributed by atoms with Crippen LogP contribution in [0, 0.1) is 0 Å². The predicted octanol–water partition coefficient (Wildman–Crippen LogP) is 1.47. The Kier molecular flexibility index (Phi) is 4.24. The molecule has 0 bridgehead atoms. The van der Waals surface area contributed by atoms with Crippen LogP contribution < -0.4 is 13.8 Å². The number of nitrogens with zero attached hydrogens (tertiary/aromatic N) is 1. The van der Waals surface area contributed by atoms with Crippen LogP contribution >= 0.6 is 0 Å². The molecule has 1 aliphatic heterocycles. The Bertz CT molecular complexity index is 786. The first-order valence-corrected chi connectivity index (χ1v) is 8.58. The number of carbonyl (C=O) groups is 1. The molecule has 1 aromatic heterocycles. The minimum absolute atomic E-state index is 0.0265. The fraction of sp³-hybridized carbons (Fsp3) is 0.267. The van der Waals surface area contributed by atoms with Crippen LogP contribution in [0.15, 0.2) is 47.1 Å². The number of furan rings is 1. The summed E-state index contributed by atoms with van der Waals surface area (Å²) in [5, 5.41) is 0. The minimum Gasteiger partial charge on any atom is -0.489 e. The second-order valence-electron chi connectivity index (χ2n) is 5.00. The Morgan fingerprint density at radius 1 is 1.22 bits per heavy atom. The fourth-order valence-corrected chi connectivity index (χ4v) is 3.56. The van der Waals surface area contributed by atoms with Gasteiger partial charge in [-0.05, 0) is 24.3 Å². The van der Waals surface area contributed by atoms with Crippen molar-refractivity contribution in [1.82, 2.24) is 4.72 Å². The van der Waals surface area contributed by atoms with Crippen molar-refractivity contribution in [3.63, 3.8) is 0 Å². The topological polar surface area (TPSA) is 88.8 Å². The molecule has 3 rings (SSSR count). The van der Waals surface area contributed by atoms with Crippen molar-refractivity contribution >= 4 is 21.8 Å². The average molecular weight is 336 g/mol. The van der Waals surface area contributed by atoms with Crippen LogP contribution in [0.5, 0.6) is 5.75 Å². The number of nitrogens with one attached hydrogen (secondary N) is 1. The second-order valence-corrected chi connectivity index (χ2v) is 6.59. The maximum absolute atomic E-state index is 12.4. The van der Waals surface area contributed by atoms with Crippen LogP contribution in [-0.4, -0.2) is 27.5 Å². The number of anilines is 1. The molecule has 122 valence electrons. The Morgan fingerprint density at radius 2 is 2.04 bits per heavy atom. The molecule has 23 heavy (non-hydrogen) atoms. The van der Waals surface area contributed by atoms with Crippen LogP contribution in [0.4, 0.5) is 5.69 Å². The Labute approximate surface area is 134 Å². The van der Waals surface area contributed by atoms with Crippen molar-refractivity contribution in [2.24, 2.45) is 0 Å². The molecule has 0 saturated heterocycles. The Morgan fingerprint density at radius 3 is 2.83 bits per heavy atom. The van der Waals surface area contributed by atoms with Gasteiger partial charge in [-0.2, -0.15) is 8.42 Å². The lowest BCUT2D eigenvalue weighted by atomic mass is 10.2. The molecule has 1 amide bonds. The first-order valence-electron chi connectivity index (χ1n) is 7.14. The van der Waals surface area contributed by atoms with Crippen LogP contribution in [0.25, 0.3) is 0 Å². The first-order chi connectivity index (χ1) is 11.1. The van der Waals surface area contributed by atoms with Gasteiger partial charge in [-0.3, -0.25) is 4.79 Å². The number of fused-ring (bicyclic) bond motifs is 1. The Balaban J connectivity index is 1.68. The highest BCUT2D eigenvalue weighted by Gasteiger charge is 2.29. The zero-order chi connectivity index (χ0) is 16.3. The van der Waals surface area contributed by atoms with Gasteiger partial charge in [0.1, 0.15) is 18.1 Å². The predicted molar refractivity (Wildman–Crippen MR) is 83.4 cm³/mol. The molecule has 0 spiro atoms. The summed E-state index contributed by atoms with van der Waals surface area (Å²) in [5.41, 5.74) is 0.421. The van der Waals surface area contributed by atoms with Gasteiger partial charge in [0.25, 0.3) is 0 Å². The highest BCUT2D eigenvalue weighted by molar-refractivity contribution is 7.91. The van der Waals surface area contributed by atoms with Gasteiger partial charge in [0.15, 0.2) is 0 Å². The van der Waals surface area contributed by atoms with Crippen LogP contribution in [0.1, 0.15) is 12.2 Å². The number of hydrogen-bond donors (Lipinski definition) is 1.